The monoisotopic (exact) mass is 214 g/mol. The van der Waals surface area contributed by atoms with Crippen molar-refractivity contribution in [3.63, 3.8) is 0 Å². The molecule has 0 aromatic heterocycles. The first kappa shape index (κ1) is 12.5. The molecule has 0 saturated heterocycles. The highest BCUT2D eigenvalue weighted by Crippen LogP contribution is 2.35. The molecule has 0 aliphatic heterocycles. The highest BCUT2D eigenvalue weighted by atomic mass is 16.5. The fraction of sp³-hybridized carbons (Fsp3) is 0.909. The zero-order valence-corrected chi connectivity index (χ0v) is 9.66. The minimum absolute atomic E-state index is 0.189. The van der Waals surface area contributed by atoms with Crippen molar-refractivity contribution in [1.29, 1.82) is 0 Å². The first-order chi connectivity index (χ1) is 6.97. The summed E-state index contributed by atoms with van der Waals surface area (Å²) in [6, 6.07) is 0. The standard InChI is InChI=1S/C11H22N2O2/c1-8(2)15-7-5-9-4-3-6-11(9,13)10(12)14/h8-9H,3-7,13H2,1-2H3,(H2,12,14). The molecule has 1 fully saturated rings. The zero-order valence-electron chi connectivity index (χ0n) is 9.66. The summed E-state index contributed by atoms with van der Waals surface area (Å²) in [5.74, 6) is -0.178. The highest BCUT2D eigenvalue weighted by Gasteiger charge is 2.43. The Bertz CT molecular complexity index is 231. The molecule has 4 nitrogen and oxygen atoms in total. The Morgan fingerprint density at radius 2 is 2.27 bits per heavy atom. The van der Waals surface area contributed by atoms with Crippen molar-refractivity contribution in [1.82, 2.24) is 0 Å². The van der Waals surface area contributed by atoms with Crippen molar-refractivity contribution >= 4 is 5.91 Å². The second-order valence-electron chi connectivity index (χ2n) is 4.70. The van der Waals surface area contributed by atoms with Crippen LogP contribution in [0.15, 0.2) is 0 Å². The minimum Gasteiger partial charge on any atom is -0.379 e. The molecule has 2 unspecified atom stereocenters. The van der Waals surface area contributed by atoms with E-state index in [4.69, 9.17) is 16.2 Å². The largest absolute Gasteiger partial charge is 0.379 e. The number of hydrogen-bond acceptors (Lipinski definition) is 3. The van der Waals surface area contributed by atoms with Crippen LogP contribution in [0.4, 0.5) is 0 Å². The SMILES string of the molecule is CC(C)OCCC1CCCC1(N)C(N)=O. The van der Waals surface area contributed by atoms with E-state index in [2.05, 4.69) is 0 Å². The van der Waals surface area contributed by atoms with Crippen LogP contribution < -0.4 is 11.5 Å². The summed E-state index contributed by atoms with van der Waals surface area (Å²) in [4.78, 5) is 11.3. The summed E-state index contributed by atoms with van der Waals surface area (Å²) in [5.41, 5.74) is 10.6. The molecule has 2 atom stereocenters. The van der Waals surface area contributed by atoms with Gasteiger partial charge in [0.15, 0.2) is 0 Å². The predicted molar refractivity (Wildman–Crippen MR) is 59.2 cm³/mol. The Morgan fingerprint density at radius 3 is 2.80 bits per heavy atom. The lowest BCUT2D eigenvalue weighted by Gasteiger charge is -2.28. The van der Waals surface area contributed by atoms with Crippen LogP contribution in [-0.4, -0.2) is 24.2 Å². The van der Waals surface area contributed by atoms with Gasteiger partial charge in [-0.25, -0.2) is 0 Å². The molecule has 1 saturated carbocycles. The van der Waals surface area contributed by atoms with Crippen molar-refractivity contribution in [2.75, 3.05) is 6.61 Å². The van der Waals surface area contributed by atoms with Crippen LogP contribution in [0.5, 0.6) is 0 Å². The number of rotatable bonds is 5. The van der Waals surface area contributed by atoms with Crippen LogP contribution >= 0.6 is 0 Å². The summed E-state index contributed by atoms with van der Waals surface area (Å²) < 4.78 is 5.47. The molecule has 0 spiro atoms. The number of primary amides is 1. The van der Waals surface area contributed by atoms with E-state index < -0.39 is 5.54 Å². The summed E-state index contributed by atoms with van der Waals surface area (Å²) in [6.45, 7) is 4.66. The van der Waals surface area contributed by atoms with Gasteiger partial charge in [0.2, 0.25) is 5.91 Å². The Hall–Kier alpha value is -0.610. The van der Waals surface area contributed by atoms with Crippen LogP contribution in [0.25, 0.3) is 0 Å². The van der Waals surface area contributed by atoms with Gasteiger partial charge in [-0.1, -0.05) is 6.42 Å². The maximum atomic E-state index is 11.3. The molecule has 1 aliphatic rings. The molecule has 1 rings (SSSR count). The molecule has 0 heterocycles. The molecular weight excluding hydrogens is 192 g/mol. The van der Waals surface area contributed by atoms with Crippen molar-refractivity contribution < 1.29 is 9.53 Å². The van der Waals surface area contributed by atoms with Crippen molar-refractivity contribution in [2.24, 2.45) is 17.4 Å². The summed E-state index contributed by atoms with van der Waals surface area (Å²) >= 11 is 0. The van der Waals surface area contributed by atoms with E-state index in [0.717, 1.165) is 19.3 Å². The van der Waals surface area contributed by atoms with Crippen LogP contribution in [0.2, 0.25) is 0 Å². The van der Waals surface area contributed by atoms with Crippen LogP contribution in [0.3, 0.4) is 0 Å². The van der Waals surface area contributed by atoms with E-state index in [9.17, 15) is 4.79 Å². The van der Waals surface area contributed by atoms with E-state index in [1.54, 1.807) is 0 Å². The molecule has 0 aromatic carbocycles. The number of carbonyl (C=O) groups is 1. The van der Waals surface area contributed by atoms with E-state index in [-0.39, 0.29) is 17.9 Å². The van der Waals surface area contributed by atoms with Gasteiger partial charge in [-0.3, -0.25) is 4.79 Å². The third-order valence-electron chi connectivity index (χ3n) is 3.25. The normalized spacial score (nSPS) is 31.1. The van der Waals surface area contributed by atoms with E-state index in [1.807, 2.05) is 13.8 Å². The second kappa shape index (κ2) is 4.94. The van der Waals surface area contributed by atoms with Crippen molar-refractivity contribution in [2.45, 2.75) is 51.2 Å². The predicted octanol–water partition coefficient (Wildman–Crippen LogP) is 0.784. The molecule has 0 radical (unpaired) electrons. The van der Waals surface area contributed by atoms with Crippen LogP contribution in [0.1, 0.15) is 39.5 Å². The third kappa shape index (κ3) is 2.92. The van der Waals surface area contributed by atoms with Gasteiger partial charge in [-0.2, -0.15) is 0 Å². The molecule has 15 heavy (non-hydrogen) atoms. The lowest BCUT2D eigenvalue weighted by atomic mass is 9.85. The molecule has 88 valence electrons. The Labute approximate surface area is 91.3 Å². The van der Waals surface area contributed by atoms with E-state index >= 15 is 0 Å². The van der Waals surface area contributed by atoms with Crippen LogP contribution in [-0.2, 0) is 9.53 Å². The molecule has 0 bridgehead atoms. The number of carbonyl (C=O) groups excluding carboxylic acids is 1. The van der Waals surface area contributed by atoms with Crippen molar-refractivity contribution in [3.05, 3.63) is 0 Å². The first-order valence-corrected chi connectivity index (χ1v) is 5.67. The van der Waals surface area contributed by atoms with Gasteiger partial charge in [-0.15, -0.1) is 0 Å². The smallest absolute Gasteiger partial charge is 0.237 e. The average Bonchev–Trinajstić information content (AvgIpc) is 2.49. The van der Waals surface area contributed by atoms with Gasteiger partial charge in [-0.05, 0) is 39.0 Å². The number of hydrogen-bond donors (Lipinski definition) is 2. The molecule has 1 amide bonds. The molecular formula is C11H22N2O2. The number of amides is 1. The van der Waals surface area contributed by atoms with Gasteiger partial charge in [0, 0.05) is 6.61 Å². The van der Waals surface area contributed by atoms with E-state index in [0.29, 0.717) is 13.0 Å². The Kier molecular flexibility index (Phi) is 4.11. The Balaban J connectivity index is 2.43. The van der Waals surface area contributed by atoms with Gasteiger partial charge in [0.05, 0.1) is 11.6 Å². The lowest BCUT2D eigenvalue weighted by Crippen LogP contribution is -2.54. The zero-order chi connectivity index (χ0) is 11.5. The van der Waals surface area contributed by atoms with Gasteiger partial charge < -0.3 is 16.2 Å². The number of nitrogens with two attached hydrogens (primary N) is 2. The number of ether oxygens (including phenoxy) is 1. The summed E-state index contributed by atoms with van der Waals surface area (Å²) in [5, 5.41) is 0. The molecule has 4 heteroatoms. The summed E-state index contributed by atoms with van der Waals surface area (Å²) in [6.07, 6.45) is 3.76. The molecule has 1 aliphatic carbocycles. The first-order valence-electron chi connectivity index (χ1n) is 5.67. The topological polar surface area (TPSA) is 78.3 Å². The molecule has 4 N–H and O–H groups in total. The maximum absolute atomic E-state index is 11.3. The highest BCUT2D eigenvalue weighted by molar-refractivity contribution is 5.85. The third-order valence-corrected chi connectivity index (χ3v) is 3.25. The maximum Gasteiger partial charge on any atom is 0.237 e. The van der Waals surface area contributed by atoms with E-state index in [1.165, 1.54) is 0 Å². The van der Waals surface area contributed by atoms with Crippen LogP contribution in [0, 0.1) is 5.92 Å². The minimum atomic E-state index is -0.791. The quantitative estimate of drug-likeness (QED) is 0.710. The van der Waals surface area contributed by atoms with Gasteiger partial charge >= 0.3 is 0 Å². The molecule has 0 aromatic rings. The lowest BCUT2D eigenvalue weighted by molar-refractivity contribution is -0.124. The fourth-order valence-electron chi connectivity index (χ4n) is 2.27. The Morgan fingerprint density at radius 1 is 1.60 bits per heavy atom. The fourth-order valence-corrected chi connectivity index (χ4v) is 2.27. The van der Waals surface area contributed by atoms with Crippen molar-refractivity contribution in [3.8, 4) is 0 Å². The summed E-state index contributed by atoms with van der Waals surface area (Å²) in [7, 11) is 0. The average molecular weight is 214 g/mol. The van der Waals surface area contributed by atoms with Gasteiger partial charge in [0.1, 0.15) is 0 Å². The second-order valence-corrected chi connectivity index (χ2v) is 4.70. The van der Waals surface area contributed by atoms with Gasteiger partial charge in [0.25, 0.3) is 0 Å².